The second-order valence-corrected chi connectivity index (χ2v) is 3.72. The van der Waals surface area contributed by atoms with E-state index in [4.69, 9.17) is 0 Å². The minimum Gasteiger partial charge on any atom is -0.336 e. The highest BCUT2D eigenvalue weighted by atomic mass is 19.1. The smallest absolute Gasteiger partial charge is 0.255 e. The van der Waals surface area contributed by atoms with Gasteiger partial charge in [-0.25, -0.2) is 4.98 Å². The van der Waals surface area contributed by atoms with E-state index in [1.807, 2.05) is 20.8 Å². The first-order valence-corrected chi connectivity index (χ1v) is 5.52. The van der Waals surface area contributed by atoms with Crippen LogP contribution in [-0.2, 0) is 0 Å². The van der Waals surface area contributed by atoms with Crippen molar-refractivity contribution in [3.05, 3.63) is 29.8 Å². The Morgan fingerprint density at radius 1 is 1.50 bits per heavy atom. The third kappa shape index (κ3) is 2.78. The van der Waals surface area contributed by atoms with Crippen LogP contribution >= 0.6 is 0 Å². The number of amides is 1. The molecule has 1 unspecified atom stereocenters. The lowest BCUT2D eigenvalue weighted by atomic mass is 10.1. The molecule has 88 valence electrons. The molecule has 0 saturated carbocycles. The monoisotopic (exact) mass is 224 g/mol. The van der Waals surface area contributed by atoms with Crippen LogP contribution < -0.4 is 0 Å². The molecular formula is C12H17FN2O. The lowest BCUT2D eigenvalue weighted by Gasteiger charge is -2.27. The predicted molar refractivity (Wildman–Crippen MR) is 60.7 cm³/mol. The molecular weight excluding hydrogens is 207 g/mol. The topological polar surface area (TPSA) is 33.2 Å². The number of hydrogen-bond acceptors (Lipinski definition) is 2. The average molecular weight is 224 g/mol. The molecule has 0 bridgehead atoms. The predicted octanol–water partition coefficient (Wildman–Crippen LogP) is 2.48. The van der Waals surface area contributed by atoms with E-state index in [1.54, 1.807) is 4.90 Å². The van der Waals surface area contributed by atoms with Crippen molar-refractivity contribution in [2.24, 2.45) is 0 Å². The number of rotatable bonds is 4. The maximum atomic E-state index is 12.6. The van der Waals surface area contributed by atoms with Crippen LogP contribution in [0.25, 0.3) is 0 Å². The van der Waals surface area contributed by atoms with Gasteiger partial charge in [-0.15, -0.1) is 0 Å². The van der Waals surface area contributed by atoms with Crippen LogP contribution in [0, 0.1) is 5.95 Å². The molecule has 0 aliphatic carbocycles. The van der Waals surface area contributed by atoms with Crippen molar-refractivity contribution in [3.63, 3.8) is 0 Å². The van der Waals surface area contributed by atoms with Crippen molar-refractivity contribution in [1.29, 1.82) is 0 Å². The number of nitrogens with zero attached hydrogens (tertiary/aromatic N) is 2. The number of carbonyl (C=O) groups is 1. The summed E-state index contributed by atoms with van der Waals surface area (Å²) in [4.78, 5) is 17.3. The van der Waals surface area contributed by atoms with E-state index in [0.29, 0.717) is 12.1 Å². The van der Waals surface area contributed by atoms with Gasteiger partial charge in [0, 0.05) is 18.8 Å². The summed E-state index contributed by atoms with van der Waals surface area (Å²) in [6, 6.07) is 2.86. The highest BCUT2D eigenvalue weighted by Crippen LogP contribution is 2.10. The molecule has 3 nitrogen and oxygen atoms in total. The Bertz CT molecular complexity index is 351. The lowest BCUT2D eigenvalue weighted by Crippen LogP contribution is -2.38. The molecule has 0 radical (unpaired) electrons. The van der Waals surface area contributed by atoms with Crippen LogP contribution in [0.15, 0.2) is 18.3 Å². The molecule has 0 aliphatic rings. The van der Waals surface area contributed by atoms with Crippen LogP contribution in [0.1, 0.15) is 37.6 Å². The number of halogens is 1. The van der Waals surface area contributed by atoms with Crippen molar-refractivity contribution in [2.75, 3.05) is 6.54 Å². The summed E-state index contributed by atoms with van der Waals surface area (Å²) in [6.07, 6.45) is 2.18. The van der Waals surface area contributed by atoms with Crippen molar-refractivity contribution in [2.45, 2.75) is 33.2 Å². The van der Waals surface area contributed by atoms with Crippen LogP contribution in [0.3, 0.4) is 0 Å². The molecule has 0 fully saturated rings. The Hall–Kier alpha value is -1.45. The second-order valence-electron chi connectivity index (χ2n) is 3.72. The summed E-state index contributed by atoms with van der Waals surface area (Å²) < 4.78 is 12.6. The number of aromatic nitrogens is 1. The van der Waals surface area contributed by atoms with E-state index in [9.17, 15) is 9.18 Å². The van der Waals surface area contributed by atoms with Crippen LogP contribution in [0.2, 0.25) is 0 Å². The maximum absolute atomic E-state index is 12.6. The van der Waals surface area contributed by atoms with Crippen LogP contribution in [-0.4, -0.2) is 28.4 Å². The Kier molecular flexibility index (Phi) is 4.40. The maximum Gasteiger partial charge on any atom is 0.255 e. The SMILES string of the molecule is CCC(C)N(CC)C(=O)c1ccc(F)nc1. The van der Waals surface area contributed by atoms with Gasteiger partial charge in [-0.3, -0.25) is 4.79 Å². The second kappa shape index (κ2) is 5.58. The van der Waals surface area contributed by atoms with Crippen LogP contribution in [0.4, 0.5) is 4.39 Å². The largest absolute Gasteiger partial charge is 0.336 e. The van der Waals surface area contributed by atoms with Crippen molar-refractivity contribution in [3.8, 4) is 0 Å². The van der Waals surface area contributed by atoms with E-state index in [0.717, 1.165) is 6.42 Å². The van der Waals surface area contributed by atoms with Gasteiger partial charge in [-0.2, -0.15) is 4.39 Å². The third-order valence-electron chi connectivity index (χ3n) is 2.70. The molecule has 1 atom stereocenters. The summed E-state index contributed by atoms with van der Waals surface area (Å²) in [7, 11) is 0. The highest BCUT2D eigenvalue weighted by Gasteiger charge is 2.18. The van der Waals surface area contributed by atoms with Gasteiger partial charge in [0.05, 0.1) is 5.56 Å². The molecule has 4 heteroatoms. The molecule has 0 aromatic carbocycles. The minimum atomic E-state index is -0.567. The third-order valence-corrected chi connectivity index (χ3v) is 2.70. The number of carbonyl (C=O) groups excluding carboxylic acids is 1. The summed E-state index contributed by atoms with van der Waals surface area (Å²) in [5, 5.41) is 0. The normalized spacial score (nSPS) is 12.2. The number of pyridine rings is 1. The summed E-state index contributed by atoms with van der Waals surface area (Å²) in [5.74, 6) is -0.660. The van der Waals surface area contributed by atoms with Gasteiger partial charge in [-0.05, 0) is 32.4 Å². The Labute approximate surface area is 95.3 Å². The zero-order chi connectivity index (χ0) is 12.1. The standard InChI is InChI=1S/C12H17FN2O/c1-4-9(3)15(5-2)12(16)10-6-7-11(13)14-8-10/h6-9H,4-5H2,1-3H3. The first-order valence-electron chi connectivity index (χ1n) is 5.52. The molecule has 0 aliphatic heterocycles. The van der Waals surface area contributed by atoms with E-state index >= 15 is 0 Å². The highest BCUT2D eigenvalue weighted by molar-refractivity contribution is 5.94. The van der Waals surface area contributed by atoms with E-state index < -0.39 is 5.95 Å². The Morgan fingerprint density at radius 2 is 2.19 bits per heavy atom. The lowest BCUT2D eigenvalue weighted by molar-refractivity contribution is 0.0699. The fourth-order valence-electron chi connectivity index (χ4n) is 1.54. The van der Waals surface area contributed by atoms with Crippen molar-refractivity contribution >= 4 is 5.91 Å². The molecule has 0 spiro atoms. The molecule has 1 rings (SSSR count). The molecule has 16 heavy (non-hydrogen) atoms. The fraction of sp³-hybridized carbons (Fsp3) is 0.500. The number of hydrogen-bond donors (Lipinski definition) is 0. The summed E-state index contributed by atoms with van der Waals surface area (Å²) in [5.41, 5.74) is 0.434. The van der Waals surface area contributed by atoms with Gasteiger partial charge in [0.2, 0.25) is 5.95 Å². The van der Waals surface area contributed by atoms with Crippen molar-refractivity contribution in [1.82, 2.24) is 9.88 Å². The first kappa shape index (κ1) is 12.6. The van der Waals surface area contributed by atoms with Gasteiger partial charge in [0.1, 0.15) is 0 Å². The molecule has 1 aromatic rings. The van der Waals surface area contributed by atoms with Crippen molar-refractivity contribution < 1.29 is 9.18 Å². The zero-order valence-corrected chi connectivity index (χ0v) is 9.90. The fourth-order valence-corrected chi connectivity index (χ4v) is 1.54. The van der Waals surface area contributed by atoms with E-state index in [2.05, 4.69) is 4.98 Å². The van der Waals surface area contributed by atoms with Gasteiger partial charge >= 0.3 is 0 Å². The van der Waals surface area contributed by atoms with E-state index in [-0.39, 0.29) is 11.9 Å². The molecule has 1 aromatic heterocycles. The molecule has 1 heterocycles. The van der Waals surface area contributed by atoms with Gasteiger partial charge < -0.3 is 4.90 Å². The quantitative estimate of drug-likeness (QED) is 0.736. The zero-order valence-electron chi connectivity index (χ0n) is 9.90. The molecule has 0 N–H and O–H groups in total. The van der Waals surface area contributed by atoms with Gasteiger partial charge in [0.15, 0.2) is 0 Å². The summed E-state index contributed by atoms with van der Waals surface area (Å²) in [6.45, 7) is 6.61. The Balaban J connectivity index is 2.87. The first-order chi connectivity index (χ1) is 7.60. The van der Waals surface area contributed by atoms with Gasteiger partial charge in [-0.1, -0.05) is 6.92 Å². The van der Waals surface area contributed by atoms with Gasteiger partial charge in [0.25, 0.3) is 5.91 Å². The average Bonchev–Trinajstić information content (AvgIpc) is 2.30. The minimum absolute atomic E-state index is 0.0932. The molecule has 1 amide bonds. The van der Waals surface area contributed by atoms with E-state index in [1.165, 1.54) is 18.3 Å². The molecule has 0 saturated heterocycles. The summed E-state index contributed by atoms with van der Waals surface area (Å²) >= 11 is 0. The Morgan fingerprint density at radius 3 is 2.62 bits per heavy atom. The van der Waals surface area contributed by atoms with Crippen LogP contribution in [0.5, 0.6) is 0 Å².